The first kappa shape index (κ1) is 20.2. The van der Waals surface area contributed by atoms with Crippen LogP contribution in [0.25, 0.3) is 0 Å². The lowest BCUT2D eigenvalue weighted by molar-refractivity contribution is -0.860. The fraction of sp³-hybridized carbons (Fsp3) is 0.810. The van der Waals surface area contributed by atoms with Gasteiger partial charge in [-0.05, 0) is 79.8 Å². The van der Waals surface area contributed by atoms with Gasteiger partial charge < -0.3 is 0 Å². The van der Waals surface area contributed by atoms with E-state index in [9.17, 15) is 20.2 Å². The lowest BCUT2D eigenvalue weighted by atomic mass is 9.47. The Hall–Kier alpha value is -2.12. The van der Waals surface area contributed by atoms with Gasteiger partial charge in [0.05, 0.1) is 0 Å². The van der Waals surface area contributed by atoms with E-state index in [-0.39, 0.29) is 5.41 Å². The quantitative estimate of drug-likeness (QED) is 0.279. The molecule has 0 unspecified atom stereocenters. The Labute approximate surface area is 170 Å². The predicted molar refractivity (Wildman–Crippen MR) is 104 cm³/mol. The first-order valence-electron chi connectivity index (χ1n) is 10.7. The van der Waals surface area contributed by atoms with Crippen molar-refractivity contribution >= 4 is 0 Å². The Bertz CT molecular complexity index is 763. The van der Waals surface area contributed by atoms with Crippen LogP contribution < -0.4 is 0 Å². The number of hydrogen-bond donors (Lipinski definition) is 0. The van der Waals surface area contributed by atoms with Crippen LogP contribution in [0, 0.1) is 54.7 Å². The molecule has 4 rings (SSSR count). The highest BCUT2D eigenvalue weighted by Crippen LogP contribution is 2.66. The van der Waals surface area contributed by atoms with Crippen molar-refractivity contribution < 1.29 is 19.8 Å². The lowest BCUT2D eigenvalue weighted by Crippen LogP contribution is -2.51. The zero-order chi connectivity index (χ0) is 21.0. The van der Waals surface area contributed by atoms with Gasteiger partial charge in [-0.1, -0.05) is 38.8 Å². The maximum Gasteiger partial charge on any atom is 0.301 e. The normalized spacial score (nSPS) is 42.1. The Morgan fingerprint density at radius 3 is 2.34 bits per heavy atom. The summed E-state index contributed by atoms with van der Waals surface area (Å²) >= 11 is 0. The minimum absolute atomic E-state index is 0.266. The maximum absolute atomic E-state index is 11.0. The van der Waals surface area contributed by atoms with E-state index in [4.69, 9.17) is 0 Å². The van der Waals surface area contributed by atoms with E-state index in [1.54, 1.807) is 0 Å². The van der Waals surface area contributed by atoms with Crippen molar-refractivity contribution in [1.82, 2.24) is 0 Å². The molecule has 0 amide bonds. The smallest absolute Gasteiger partial charge is 0.271 e. The average Bonchev–Trinajstić information content (AvgIpc) is 2.97. The second-order valence-corrected chi connectivity index (χ2v) is 9.78. The molecule has 8 heteroatoms. The molecule has 0 radical (unpaired) electrons. The molecule has 0 N–H and O–H groups in total. The van der Waals surface area contributed by atoms with Gasteiger partial charge in [-0.25, -0.2) is 0 Å². The topological polar surface area (TPSA) is 105 Å². The van der Waals surface area contributed by atoms with Crippen molar-refractivity contribution in [3.63, 3.8) is 0 Å². The standard InChI is InChI=1S/C21H30N2O6/c1-4-14-6-8-17-16-7-5-15-13-21(28-22(24)25,29-23(26)27)12-11-20(15,3)18(16)9-10-19(14,17)2/h11-14,16-18H,4-10H2,1-3H3/t14-,16-,17-,18-,19+,20-/m0/s1. The molecule has 4 aliphatic carbocycles. The van der Waals surface area contributed by atoms with Gasteiger partial charge in [0.15, 0.2) is 0 Å². The summed E-state index contributed by atoms with van der Waals surface area (Å²) in [5.41, 5.74) is 1.11. The van der Waals surface area contributed by atoms with E-state index in [1.165, 1.54) is 37.8 Å². The van der Waals surface area contributed by atoms with Gasteiger partial charge in [0, 0.05) is 5.41 Å². The molecule has 0 aliphatic heterocycles. The molecule has 0 bridgehead atoms. The number of nitrogens with zero attached hydrogens (tertiary/aromatic N) is 2. The van der Waals surface area contributed by atoms with Gasteiger partial charge >= 0.3 is 5.79 Å². The summed E-state index contributed by atoms with van der Waals surface area (Å²) in [7, 11) is 0. The van der Waals surface area contributed by atoms with Crippen LogP contribution in [0.1, 0.15) is 65.7 Å². The van der Waals surface area contributed by atoms with E-state index >= 15 is 0 Å². The van der Waals surface area contributed by atoms with E-state index in [0.717, 1.165) is 36.7 Å². The van der Waals surface area contributed by atoms with Crippen LogP contribution in [0.4, 0.5) is 0 Å². The number of rotatable bonds is 5. The first-order valence-corrected chi connectivity index (χ1v) is 10.7. The highest BCUT2D eigenvalue weighted by molar-refractivity contribution is 5.35. The van der Waals surface area contributed by atoms with Gasteiger partial charge in [0.25, 0.3) is 10.2 Å². The molecule has 6 atom stereocenters. The Morgan fingerprint density at radius 2 is 1.72 bits per heavy atom. The Kier molecular flexibility index (Phi) is 4.66. The van der Waals surface area contributed by atoms with Crippen LogP contribution in [-0.2, 0) is 9.68 Å². The van der Waals surface area contributed by atoms with Crippen LogP contribution in [0.2, 0.25) is 0 Å². The summed E-state index contributed by atoms with van der Waals surface area (Å²) in [6, 6.07) is 0. The van der Waals surface area contributed by atoms with Crippen LogP contribution in [0.3, 0.4) is 0 Å². The maximum atomic E-state index is 11.0. The van der Waals surface area contributed by atoms with E-state index in [2.05, 4.69) is 30.4 Å². The van der Waals surface area contributed by atoms with Crippen LogP contribution in [-0.4, -0.2) is 16.0 Å². The van der Waals surface area contributed by atoms with Gasteiger partial charge in [-0.3, -0.25) is 9.68 Å². The second-order valence-electron chi connectivity index (χ2n) is 9.78. The molecule has 160 valence electrons. The van der Waals surface area contributed by atoms with Crippen LogP contribution >= 0.6 is 0 Å². The molecule has 3 fully saturated rings. The fourth-order valence-electron chi connectivity index (χ4n) is 7.45. The summed E-state index contributed by atoms with van der Waals surface area (Å²) in [6.07, 6.45) is 12.7. The molecule has 0 aromatic rings. The van der Waals surface area contributed by atoms with E-state index in [0.29, 0.717) is 17.3 Å². The number of fused-ring (bicyclic) bond motifs is 5. The predicted octanol–water partition coefficient (Wildman–Crippen LogP) is 4.86. The minimum Gasteiger partial charge on any atom is -0.271 e. The highest BCUT2D eigenvalue weighted by atomic mass is 17.1. The zero-order valence-electron chi connectivity index (χ0n) is 17.3. The Balaban J connectivity index is 1.65. The summed E-state index contributed by atoms with van der Waals surface area (Å²) in [5.74, 6) is 0.497. The SMILES string of the molecule is CC[C@H]1CC[C@H]2[C@@H]3CCC4=CC(O[N+](=O)[O-])(O[N+](=O)[O-])C=C[C@]4(C)[C@H]3CC[C@]12C. The van der Waals surface area contributed by atoms with Crippen molar-refractivity contribution in [1.29, 1.82) is 0 Å². The average molecular weight is 406 g/mol. The molecule has 0 spiro atoms. The van der Waals surface area contributed by atoms with E-state index in [1.807, 2.05) is 6.08 Å². The van der Waals surface area contributed by atoms with Crippen LogP contribution in [0.15, 0.2) is 23.8 Å². The Morgan fingerprint density at radius 1 is 1.03 bits per heavy atom. The fourth-order valence-corrected chi connectivity index (χ4v) is 7.45. The molecule has 4 aliphatic rings. The summed E-state index contributed by atoms with van der Waals surface area (Å²) in [4.78, 5) is 31.2. The third-order valence-electron chi connectivity index (χ3n) is 8.81. The van der Waals surface area contributed by atoms with Crippen LogP contribution in [0.5, 0.6) is 0 Å². The molecular weight excluding hydrogens is 376 g/mol. The van der Waals surface area contributed by atoms with Crippen molar-refractivity contribution in [2.24, 2.45) is 34.5 Å². The summed E-state index contributed by atoms with van der Waals surface area (Å²) in [6.45, 7) is 6.96. The molecule has 0 aromatic heterocycles. The molecule has 0 aromatic carbocycles. The third-order valence-corrected chi connectivity index (χ3v) is 8.81. The molecule has 8 nitrogen and oxygen atoms in total. The molecular formula is C21H30N2O6. The monoisotopic (exact) mass is 406 g/mol. The van der Waals surface area contributed by atoms with Crippen molar-refractivity contribution in [2.45, 2.75) is 71.5 Å². The van der Waals surface area contributed by atoms with Crippen molar-refractivity contribution in [3.8, 4) is 0 Å². The van der Waals surface area contributed by atoms with Gasteiger partial charge in [-0.15, -0.1) is 20.2 Å². The van der Waals surface area contributed by atoms with E-state index < -0.39 is 16.0 Å². The largest absolute Gasteiger partial charge is 0.301 e. The van der Waals surface area contributed by atoms with Gasteiger partial charge in [0.1, 0.15) is 0 Å². The first-order chi connectivity index (χ1) is 13.6. The lowest BCUT2D eigenvalue weighted by Gasteiger charge is -2.57. The van der Waals surface area contributed by atoms with Gasteiger partial charge in [0.2, 0.25) is 0 Å². The second kappa shape index (κ2) is 6.71. The highest BCUT2D eigenvalue weighted by Gasteiger charge is 2.58. The molecule has 3 saturated carbocycles. The molecule has 29 heavy (non-hydrogen) atoms. The molecule has 0 heterocycles. The zero-order valence-corrected chi connectivity index (χ0v) is 17.3. The summed E-state index contributed by atoms with van der Waals surface area (Å²) < 4.78 is 0. The van der Waals surface area contributed by atoms with Gasteiger partial charge in [-0.2, -0.15) is 0 Å². The number of hydrogen-bond acceptors (Lipinski definition) is 6. The van der Waals surface area contributed by atoms with Crippen molar-refractivity contribution in [2.75, 3.05) is 0 Å². The van der Waals surface area contributed by atoms with Crippen molar-refractivity contribution in [3.05, 3.63) is 44.0 Å². The third kappa shape index (κ3) is 3.02. The molecule has 0 saturated heterocycles. The minimum atomic E-state index is -2.08. The summed E-state index contributed by atoms with van der Waals surface area (Å²) in [5, 5.41) is 19.9. The number of allylic oxidation sites excluding steroid dienone is 2.